The maximum absolute atomic E-state index is 14.2. The first-order valence-corrected chi connectivity index (χ1v) is 15.4. The third-order valence-corrected chi connectivity index (χ3v) is 8.89. The normalized spacial score (nSPS) is 28.8. The molecule has 2 aliphatic heterocycles. The number of benzene rings is 1. The van der Waals surface area contributed by atoms with E-state index in [0.29, 0.717) is 23.4 Å². The summed E-state index contributed by atoms with van der Waals surface area (Å²) in [5.74, 6) is -4.61. The molecule has 254 valence electrons. The quantitative estimate of drug-likeness (QED) is 0.433. The van der Waals surface area contributed by atoms with Gasteiger partial charge in [0.1, 0.15) is 23.4 Å². The molecule has 1 aromatic heterocycles. The summed E-state index contributed by atoms with van der Waals surface area (Å²) in [4.78, 5) is 55.4. The Kier molecular flexibility index (Phi) is 9.24. The lowest BCUT2D eigenvalue weighted by molar-refractivity contribution is -0.147. The van der Waals surface area contributed by atoms with Gasteiger partial charge in [0.05, 0.1) is 25.3 Å². The van der Waals surface area contributed by atoms with Crippen LogP contribution in [0.25, 0.3) is 11.8 Å². The average molecular weight is 660 g/mol. The van der Waals surface area contributed by atoms with Crippen LogP contribution in [0.5, 0.6) is 5.75 Å². The predicted octanol–water partition coefficient (Wildman–Crippen LogP) is 2.77. The van der Waals surface area contributed by atoms with Crippen LogP contribution in [0.2, 0.25) is 0 Å². The second-order valence-corrected chi connectivity index (χ2v) is 13.5. The number of carbonyl (C=O) groups is 4. The minimum absolute atomic E-state index is 0.0491. The molecule has 3 amide bonds. The lowest BCUT2D eigenvalue weighted by Crippen LogP contribution is -2.59. The first-order valence-electron chi connectivity index (χ1n) is 15.4. The van der Waals surface area contributed by atoms with Crippen LogP contribution in [-0.2, 0) is 19.1 Å². The summed E-state index contributed by atoms with van der Waals surface area (Å²) in [6.07, 6.45) is 0.0692. The minimum atomic E-state index is -2.96. The zero-order chi connectivity index (χ0) is 34.3. The van der Waals surface area contributed by atoms with E-state index in [1.54, 1.807) is 46.1 Å². The number of fused-ring (bicyclic) bond motifs is 7. The van der Waals surface area contributed by atoms with Crippen molar-refractivity contribution in [3.05, 3.63) is 35.7 Å². The number of methoxy groups -OCH3 is 1. The molecule has 14 nitrogen and oxygen atoms in total. The predicted molar refractivity (Wildman–Crippen MR) is 162 cm³/mol. The third kappa shape index (κ3) is 6.90. The molecule has 2 aromatic rings. The number of carboxylic acids is 1. The second kappa shape index (κ2) is 12.9. The van der Waals surface area contributed by atoms with Gasteiger partial charge >= 0.3 is 12.1 Å². The van der Waals surface area contributed by atoms with E-state index in [0.717, 1.165) is 0 Å². The molecule has 0 radical (unpaired) electrons. The number of hydrogen-bond acceptors (Lipinski definition) is 9. The van der Waals surface area contributed by atoms with Crippen molar-refractivity contribution in [1.29, 1.82) is 0 Å². The number of ether oxygens (including phenoxy) is 2. The highest BCUT2D eigenvalue weighted by molar-refractivity contribution is 5.96. The van der Waals surface area contributed by atoms with Gasteiger partial charge in [-0.3, -0.25) is 9.59 Å². The summed E-state index contributed by atoms with van der Waals surface area (Å²) in [6.45, 7) is 7.06. The van der Waals surface area contributed by atoms with Gasteiger partial charge in [-0.1, -0.05) is 39.8 Å². The number of hydrogen-bond donors (Lipinski definition) is 3. The van der Waals surface area contributed by atoms with Gasteiger partial charge in [-0.2, -0.15) is 0 Å². The van der Waals surface area contributed by atoms with Gasteiger partial charge < -0.3 is 30.1 Å². The molecule has 1 aliphatic carbocycles. The summed E-state index contributed by atoms with van der Waals surface area (Å²) in [5.41, 5.74) is -1.71. The van der Waals surface area contributed by atoms with Crippen LogP contribution in [-0.4, -0.2) is 98.4 Å². The molecule has 1 saturated heterocycles. The molecular formula is C31H39F2N7O7. The van der Waals surface area contributed by atoms with Crippen LogP contribution in [0, 0.1) is 17.3 Å². The van der Waals surface area contributed by atoms with E-state index in [9.17, 15) is 33.1 Å². The van der Waals surface area contributed by atoms with Gasteiger partial charge in [-0.05, 0) is 54.0 Å². The van der Waals surface area contributed by atoms with Crippen LogP contribution in [0.15, 0.2) is 24.3 Å². The van der Waals surface area contributed by atoms with Gasteiger partial charge in [-0.25, -0.2) is 18.4 Å². The van der Waals surface area contributed by atoms with Crippen molar-refractivity contribution in [2.45, 2.75) is 76.9 Å². The number of nitrogens with one attached hydrogen (secondary N) is 2. The number of amides is 3. The van der Waals surface area contributed by atoms with Crippen molar-refractivity contribution in [3.8, 4) is 11.4 Å². The zero-order valence-electron chi connectivity index (χ0n) is 26.8. The maximum Gasteiger partial charge on any atom is 0.407 e. The zero-order valence-corrected chi connectivity index (χ0v) is 26.8. The smallest absolute Gasteiger partial charge is 0.407 e. The number of carbonyl (C=O) groups excluding carboxylic acids is 3. The average Bonchev–Trinajstić information content (AvgIpc) is 3.33. The fraction of sp³-hybridized carbons (Fsp3) is 0.581. The number of alkyl carbamates (subject to hydrolysis) is 1. The fourth-order valence-electron chi connectivity index (χ4n) is 6.01. The van der Waals surface area contributed by atoms with Crippen molar-refractivity contribution in [1.82, 2.24) is 35.7 Å². The van der Waals surface area contributed by atoms with Crippen molar-refractivity contribution in [2.24, 2.45) is 17.3 Å². The molecule has 2 fully saturated rings. The van der Waals surface area contributed by atoms with Gasteiger partial charge in [-0.15, -0.1) is 15.0 Å². The summed E-state index contributed by atoms with van der Waals surface area (Å²) in [7, 11) is 1.54. The lowest BCUT2D eigenvalue weighted by atomic mass is 9.85. The molecule has 0 spiro atoms. The number of tetrazole rings is 1. The fourth-order valence-corrected chi connectivity index (χ4v) is 6.01. The van der Waals surface area contributed by atoms with Crippen molar-refractivity contribution in [2.75, 3.05) is 20.3 Å². The summed E-state index contributed by atoms with van der Waals surface area (Å²) in [5, 5.41) is 27.8. The van der Waals surface area contributed by atoms with Crippen molar-refractivity contribution >= 4 is 30.0 Å². The van der Waals surface area contributed by atoms with Crippen molar-refractivity contribution < 1.29 is 42.5 Å². The third-order valence-electron chi connectivity index (χ3n) is 8.89. The van der Waals surface area contributed by atoms with E-state index >= 15 is 0 Å². The Hall–Kier alpha value is -4.63. The number of allylic oxidation sites excluding steroid dienone is 1. The molecule has 1 saturated carbocycles. The molecule has 47 heavy (non-hydrogen) atoms. The molecule has 5 rings (SSSR count). The van der Waals surface area contributed by atoms with Gasteiger partial charge in [0.15, 0.2) is 5.82 Å². The number of halogens is 2. The molecule has 6 atom stereocenters. The largest absolute Gasteiger partial charge is 0.497 e. The Balaban J connectivity index is 1.54. The Morgan fingerprint density at radius 1 is 1.26 bits per heavy atom. The molecule has 4 bridgehead atoms. The molecule has 3 heterocycles. The minimum Gasteiger partial charge on any atom is -0.497 e. The van der Waals surface area contributed by atoms with Gasteiger partial charge in [0.2, 0.25) is 18.2 Å². The molecule has 0 unspecified atom stereocenters. The number of aliphatic carboxylic acids is 1. The molecule has 3 N–H and O–H groups in total. The highest BCUT2D eigenvalue weighted by Gasteiger charge is 2.66. The van der Waals surface area contributed by atoms with E-state index in [-0.39, 0.29) is 31.3 Å². The van der Waals surface area contributed by atoms with E-state index < -0.39 is 71.6 Å². The number of aromatic nitrogens is 4. The van der Waals surface area contributed by atoms with Gasteiger partial charge in [0.25, 0.3) is 0 Å². The van der Waals surface area contributed by atoms with Crippen LogP contribution < -0.4 is 15.4 Å². The topological polar surface area (TPSA) is 178 Å². The van der Waals surface area contributed by atoms with E-state index in [4.69, 9.17) is 9.47 Å². The van der Waals surface area contributed by atoms with Gasteiger partial charge in [0, 0.05) is 18.0 Å². The van der Waals surface area contributed by atoms with E-state index in [1.165, 1.54) is 9.70 Å². The summed E-state index contributed by atoms with van der Waals surface area (Å²) in [6, 6.07) is 2.86. The summed E-state index contributed by atoms with van der Waals surface area (Å²) >= 11 is 0. The Bertz CT molecular complexity index is 1580. The molecular weight excluding hydrogens is 620 g/mol. The number of alkyl halides is 2. The molecule has 1 aromatic carbocycles. The lowest BCUT2D eigenvalue weighted by Gasteiger charge is -2.35. The van der Waals surface area contributed by atoms with Crippen LogP contribution in [0.1, 0.15) is 64.3 Å². The highest BCUT2D eigenvalue weighted by atomic mass is 19.3. The number of nitrogens with zero attached hydrogens (tertiary/aromatic N) is 5. The van der Waals surface area contributed by atoms with Crippen molar-refractivity contribution in [3.63, 3.8) is 0 Å². The number of carboxylic acid groups (broad SMARTS) is 1. The number of cyclic esters (lactones) is 1. The number of rotatable bonds is 5. The molecule has 3 aliphatic rings. The van der Waals surface area contributed by atoms with Crippen LogP contribution in [0.4, 0.5) is 13.6 Å². The first-order chi connectivity index (χ1) is 22.1. The van der Waals surface area contributed by atoms with Crippen LogP contribution in [0.3, 0.4) is 0 Å². The Morgan fingerprint density at radius 3 is 2.64 bits per heavy atom. The van der Waals surface area contributed by atoms with E-state index in [1.807, 2.05) is 19.1 Å². The highest BCUT2D eigenvalue weighted by Crippen LogP contribution is 2.48. The maximum atomic E-state index is 14.2. The molecule has 16 heteroatoms. The Morgan fingerprint density at radius 2 is 2.00 bits per heavy atom. The standard InChI is InChI=1S/C31H39F2N7O7/c1-16-7-6-8-17-11-19(46-5)9-10-21(17)40-37-25(36-38-40)18-12-22(26(41)35-31(28(43)44)13-20(31)24(32)33)39(14-18)27(42)23(30(2,3)4)34-29(45)47-15-16/h6,8-11,16,18,20,22-24H,7,12-15H2,1-5H3,(H,34,45)(H,35,41)(H,43,44)/b8-6+/t16-,18-,20+,22+,23-,31+/m1/s1. The summed E-state index contributed by atoms with van der Waals surface area (Å²) < 4.78 is 37.9. The van der Waals surface area contributed by atoms with Crippen LogP contribution >= 0.6 is 0 Å². The Labute approximate surface area is 269 Å². The first kappa shape index (κ1) is 33.7. The SMILES string of the molecule is COc1ccc2c(c1)/C=C/C[C@@H](C)COC(=O)N[C@@H](C(C)(C)C)C(=O)N1C[C@@H](C[C@H]1C(=O)N[C@@]1(C(=O)O)C[C@H]1C(F)F)c1nnn-2n1. The monoisotopic (exact) mass is 659 g/mol. The van der Waals surface area contributed by atoms with E-state index in [2.05, 4.69) is 26.0 Å². The second-order valence-electron chi connectivity index (χ2n) is 13.5.